The van der Waals surface area contributed by atoms with Gasteiger partial charge in [0.25, 0.3) is 0 Å². The fourth-order valence-corrected chi connectivity index (χ4v) is 3.88. The van der Waals surface area contributed by atoms with Crippen LogP contribution in [0.1, 0.15) is 15.9 Å². The highest BCUT2D eigenvalue weighted by molar-refractivity contribution is 5.93. The van der Waals surface area contributed by atoms with Crippen LogP contribution in [-0.4, -0.2) is 186 Å². The van der Waals surface area contributed by atoms with Crippen molar-refractivity contribution in [2.24, 2.45) is 0 Å². The molecule has 0 bridgehead atoms. The highest BCUT2D eigenvalue weighted by Gasteiger charge is 2.19. The molecular weight excluding hydrogens is 688 g/mol. The van der Waals surface area contributed by atoms with Crippen molar-refractivity contribution in [3.63, 3.8) is 0 Å². The van der Waals surface area contributed by atoms with Gasteiger partial charge >= 0.3 is 5.97 Å². The molecule has 16 nitrogen and oxygen atoms in total. The number of esters is 1. The van der Waals surface area contributed by atoms with Crippen LogP contribution < -0.4 is 9.47 Å². The van der Waals surface area contributed by atoms with E-state index in [4.69, 9.17) is 71.1 Å². The first-order valence-electron chi connectivity index (χ1n) is 17.6. The van der Waals surface area contributed by atoms with E-state index in [1.807, 2.05) is 0 Å². The fraction of sp³-hybridized carbons (Fsp3) is 0.750. The Morgan fingerprint density at radius 1 is 0.442 bits per heavy atom. The van der Waals surface area contributed by atoms with Gasteiger partial charge in [-0.2, -0.15) is 0 Å². The van der Waals surface area contributed by atoms with Crippen LogP contribution in [0.25, 0.3) is 6.08 Å². The summed E-state index contributed by atoms with van der Waals surface area (Å²) in [5, 5.41) is 0. The van der Waals surface area contributed by atoms with Gasteiger partial charge in [-0.25, -0.2) is 4.79 Å². The number of methoxy groups -OCH3 is 3. The van der Waals surface area contributed by atoms with Crippen molar-refractivity contribution in [1.82, 2.24) is 0 Å². The van der Waals surface area contributed by atoms with Gasteiger partial charge in [0.2, 0.25) is 0 Å². The Hall–Kier alpha value is -2.45. The number of carbonyl (C=O) groups excluding carboxylic acids is 1. The molecule has 0 aromatic heterocycles. The van der Waals surface area contributed by atoms with Crippen molar-refractivity contribution in [3.05, 3.63) is 29.8 Å². The number of hydrogen-bond acceptors (Lipinski definition) is 16. The molecule has 1 aromatic rings. The van der Waals surface area contributed by atoms with Crippen LogP contribution in [0.4, 0.5) is 0 Å². The fourth-order valence-electron chi connectivity index (χ4n) is 3.88. The number of carbonyl (C=O) groups is 1. The Bertz CT molecular complexity index is 967. The Kier molecular flexibility index (Phi) is 33.7. The minimum Gasteiger partial charge on any atom is -0.491 e. The first kappa shape index (κ1) is 47.6. The van der Waals surface area contributed by atoms with Gasteiger partial charge in [-0.3, -0.25) is 0 Å². The number of ether oxygens (including phenoxy) is 15. The van der Waals surface area contributed by atoms with E-state index in [0.29, 0.717) is 143 Å². The van der Waals surface area contributed by atoms with E-state index >= 15 is 0 Å². The zero-order valence-corrected chi connectivity index (χ0v) is 31.4. The lowest BCUT2D eigenvalue weighted by Gasteiger charge is -2.16. The molecular formula is C36H62O16. The third-order valence-electron chi connectivity index (χ3n) is 6.51. The quantitative estimate of drug-likeness (QED) is 0.0711. The van der Waals surface area contributed by atoms with Gasteiger partial charge in [-0.05, 0) is 12.1 Å². The molecule has 1 aromatic carbocycles. The topological polar surface area (TPSA) is 156 Å². The maximum absolute atomic E-state index is 13.2. The zero-order valence-electron chi connectivity index (χ0n) is 31.4. The van der Waals surface area contributed by atoms with E-state index in [2.05, 4.69) is 6.58 Å². The van der Waals surface area contributed by atoms with Crippen molar-refractivity contribution in [2.45, 2.75) is 0 Å². The molecule has 0 spiro atoms. The van der Waals surface area contributed by atoms with E-state index in [0.717, 1.165) is 0 Å². The van der Waals surface area contributed by atoms with E-state index in [1.54, 1.807) is 39.5 Å². The molecule has 302 valence electrons. The summed E-state index contributed by atoms with van der Waals surface area (Å²) >= 11 is 0. The van der Waals surface area contributed by atoms with Gasteiger partial charge in [0.1, 0.15) is 36.9 Å². The third-order valence-corrected chi connectivity index (χ3v) is 6.51. The average Bonchev–Trinajstić information content (AvgIpc) is 3.16. The first-order chi connectivity index (χ1) is 25.7. The molecule has 0 aliphatic heterocycles. The Balaban J connectivity index is 2.54. The van der Waals surface area contributed by atoms with Crippen molar-refractivity contribution >= 4 is 12.0 Å². The maximum atomic E-state index is 13.2. The molecule has 0 saturated carbocycles. The maximum Gasteiger partial charge on any atom is 0.342 e. The smallest absolute Gasteiger partial charge is 0.342 e. The number of rotatable bonds is 40. The van der Waals surface area contributed by atoms with E-state index in [1.165, 1.54) is 0 Å². The monoisotopic (exact) mass is 750 g/mol. The summed E-state index contributed by atoms with van der Waals surface area (Å²) in [7, 11) is 4.87. The van der Waals surface area contributed by atoms with Crippen LogP contribution in [0.2, 0.25) is 0 Å². The molecule has 0 aliphatic rings. The largest absolute Gasteiger partial charge is 0.491 e. The average molecular weight is 751 g/mol. The SMILES string of the molecule is C=Cc1cc(OCCOCCOCCOCCOC)c(C(=O)OCCOCCOCCOCCOC)cc1OCCOCCOCCOCCOC. The van der Waals surface area contributed by atoms with E-state index in [9.17, 15) is 4.79 Å². The highest BCUT2D eigenvalue weighted by Crippen LogP contribution is 2.31. The molecule has 0 amide bonds. The summed E-state index contributed by atoms with van der Waals surface area (Å²) in [5.74, 6) is 0.147. The van der Waals surface area contributed by atoms with E-state index in [-0.39, 0.29) is 38.6 Å². The zero-order chi connectivity index (χ0) is 37.6. The van der Waals surface area contributed by atoms with Gasteiger partial charge in [0.15, 0.2) is 0 Å². The van der Waals surface area contributed by atoms with Crippen molar-refractivity contribution < 1.29 is 75.8 Å². The van der Waals surface area contributed by atoms with E-state index < -0.39 is 5.97 Å². The molecule has 0 radical (unpaired) electrons. The molecule has 0 saturated heterocycles. The predicted molar refractivity (Wildman–Crippen MR) is 191 cm³/mol. The Labute approximate surface area is 309 Å². The highest BCUT2D eigenvalue weighted by atomic mass is 16.6. The van der Waals surface area contributed by atoms with Crippen LogP contribution in [-0.2, 0) is 61.6 Å². The lowest BCUT2D eigenvalue weighted by molar-refractivity contribution is -0.00569. The van der Waals surface area contributed by atoms with Gasteiger partial charge in [0, 0.05) is 26.9 Å². The summed E-state index contributed by atoms with van der Waals surface area (Å²) in [6.45, 7) is 13.5. The van der Waals surface area contributed by atoms with Crippen LogP contribution in [0.3, 0.4) is 0 Å². The molecule has 1 rings (SSSR count). The molecule has 0 unspecified atom stereocenters. The van der Waals surface area contributed by atoms with Gasteiger partial charge < -0.3 is 71.1 Å². The summed E-state index contributed by atoms with van der Waals surface area (Å²) < 4.78 is 81.4. The summed E-state index contributed by atoms with van der Waals surface area (Å²) in [4.78, 5) is 13.2. The van der Waals surface area contributed by atoms with Crippen LogP contribution in [0.5, 0.6) is 11.5 Å². The standard InChI is InChI=1S/C36H62O16/c1-5-32-30-35(51-28-25-48-22-19-45-16-13-42-10-7-39-3)33(36(37)52-29-26-49-23-20-46-17-14-43-11-8-40-4)31-34(32)50-27-24-47-21-18-44-15-12-41-9-6-38-2/h5,30-31H,1,6-29H2,2-4H3. The Morgan fingerprint density at radius 2 is 0.750 bits per heavy atom. The normalized spacial score (nSPS) is 11.2. The molecule has 0 heterocycles. The summed E-state index contributed by atoms with van der Waals surface area (Å²) in [6, 6.07) is 3.26. The number of benzene rings is 1. The number of hydrogen-bond donors (Lipinski definition) is 0. The summed E-state index contributed by atoms with van der Waals surface area (Å²) in [6.07, 6.45) is 1.62. The minimum absolute atomic E-state index is 0.0352. The van der Waals surface area contributed by atoms with Crippen LogP contribution >= 0.6 is 0 Å². The van der Waals surface area contributed by atoms with Crippen LogP contribution in [0.15, 0.2) is 18.7 Å². The second-order valence-electron chi connectivity index (χ2n) is 10.4. The molecule has 0 aliphatic carbocycles. The second kappa shape index (κ2) is 36.9. The van der Waals surface area contributed by atoms with Gasteiger partial charge in [-0.1, -0.05) is 12.7 Å². The molecule has 0 fully saturated rings. The van der Waals surface area contributed by atoms with Gasteiger partial charge in [0.05, 0.1) is 139 Å². The molecule has 52 heavy (non-hydrogen) atoms. The van der Waals surface area contributed by atoms with Crippen molar-refractivity contribution in [2.75, 3.05) is 180 Å². The van der Waals surface area contributed by atoms with Gasteiger partial charge in [-0.15, -0.1) is 0 Å². The molecule has 0 atom stereocenters. The minimum atomic E-state index is -0.592. The lowest BCUT2D eigenvalue weighted by Crippen LogP contribution is -2.17. The van der Waals surface area contributed by atoms with Crippen molar-refractivity contribution in [1.29, 1.82) is 0 Å². The molecule has 0 N–H and O–H groups in total. The Morgan fingerprint density at radius 3 is 1.10 bits per heavy atom. The first-order valence-corrected chi connectivity index (χ1v) is 17.6. The predicted octanol–water partition coefficient (Wildman–Crippen LogP) is 2.33. The molecule has 16 heteroatoms. The van der Waals surface area contributed by atoms with Crippen LogP contribution in [0, 0.1) is 0 Å². The lowest BCUT2D eigenvalue weighted by atomic mass is 10.1. The third kappa shape index (κ3) is 27.2. The second-order valence-corrected chi connectivity index (χ2v) is 10.4. The van der Waals surface area contributed by atoms with Crippen molar-refractivity contribution in [3.8, 4) is 11.5 Å². The summed E-state index contributed by atoms with van der Waals surface area (Å²) in [5.41, 5.74) is 0.828.